The molecule has 1 atom stereocenters. The van der Waals surface area contributed by atoms with Gasteiger partial charge in [-0.3, -0.25) is 4.74 Å². The second kappa shape index (κ2) is 14.5. The van der Waals surface area contributed by atoms with Gasteiger partial charge in [-0.25, -0.2) is 0 Å². The van der Waals surface area contributed by atoms with Crippen LogP contribution < -0.4 is 31.3 Å². The number of nitrogens with zero attached hydrogens (tertiary/aromatic N) is 2. The Morgan fingerprint density at radius 2 is 0.979 bits per heavy atom. The molecule has 0 aromatic heterocycles. The summed E-state index contributed by atoms with van der Waals surface area (Å²) in [6.07, 6.45) is 0. The predicted molar refractivity (Wildman–Crippen MR) is 204 cm³/mol. The van der Waals surface area contributed by atoms with Gasteiger partial charge >= 0.3 is 0 Å². The van der Waals surface area contributed by atoms with Crippen LogP contribution in [0.1, 0.15) is 27.8 Å². The molecule has 0 bridgehead atoms. The van der Waals surface area contributed by atoms with Gasteiger partial charge in [-0.15, -0.1) is 0 Å². The zero-order chi connectivity index (χ0) is 32.8. The largest absolute Gasteiger partial charge is 0.496 e. The maximum atomic E-state index is 6.02. The highest BCUT2D eigenvalue weighted by Gasteiger charge is 2.28. The predicted octanol–water partition coefficient (Wildman–Crippen LogP) is 9.55. The monoisotopic (exact) mass is 651 g/mol. The minimum Gasteiger partial charge on any atom is -0.496 e. The van der Waals surface area contributed by atoms with Crippen LogP contribution in [-0.2, 0) is 6.54 Å². The molecule has 0 aliphatic heterocycles. The number of rotatable bonds is 9. The summed E-state index contributed by atoms with van der Waals surface area (Å²) in [6, 6.07) is 52.5. The first-order valence-electron chi connectivity index (χ1n) is 16.0. The zero-order valence-corrected chi connectivity index (χ0v) is 29.5. The Bertz CT molecular complexity index is 1930. The lowest BCUT2D eigenvalue weighted by atomic mass is 10.2. The van der Waals surface area contributed by atoms with Gasteiger partial charge in [0.1, 0.15) is 12.3 Å². The van der Waals surface area contributed by atoms with Crippen molar-refractivity contribution < 1.29 is 4.74 Å². The van der Waals surface area contributed by atoms with Crippen LogP contribution in [0.3, 0.4) is 0 Å². The van der Waals surface area contributed by atoms with Crippen molar-refractivity contribution in [3.05, 3.63) is 173 Å². The Hall–Kier alpha value is -4.55. The van der Waals surface area contributed by atoms with Crippen LogP contribution >= 0.6 is 14.8 Å². The molecular formula is C42H41N2OP2+. The van der Waals surface area contributed by atoms with E-state index >= 15 is 0 Å². The van der Waals surface area contributed by atoms with Crippen molar-refractivity contribution >= 4 is 47.0 Å². The summed E-state index contributed by atoms with van der Waals surface area (Å²) >= 11 is 0. The Balaban J connectivity index is 1.50. The lowest BCUT2D eigenvalue weighted by Gasteiger charge is -2.27. The molecule has 234 valence electrons. The third-order valence-corrected chi connectivity index (χ3v) is 14.1. The minimum absolute atomic E-state index is 0.548. The van der Waals surface area contributed by atoms with Gasteiger partial charge in [-0.05, 0) is 58.0 Å². The van der Waals surface area contributed by atoms with Gasteiger partial charge in [-0.1, -0.05) is 136 Å². The number of hydrogen-bond donors (Lipinski definition) is 0. The third-order valence-electron chi connectivity index (χ3n) is 8.42. The van der Waals surface area contributed by atoms with E-state index in [1.165, 1.54) is 48.8 Å². The molecule has 0 aliphatic rings. The van der Waals surface area contributed by atoms with Crippen LogP contribution in [-0.4, -0.2) is 7.11 Å². The van der Waals surface area contributed by atoms with Crippen molar-refractivity contribution in [2.75, 3.05) is 7.11 Å². The van der Waals surface area contributed by atoms with Gasteiger partial charge in [-0.2, -0.15) is 0 Å². The summed E-state index contributed by atoms with van der Waals surface area (Å²) in [5.74, 6) is 0.803. The lowest BCUT2D eigenvalue weighted by Crippen LogP contribution is -2.25. The number of methoxy groups -OCH3 is 1. The van der Waals surface area contributed by atoms with Gasteiger partial charge < -0.3 is 4.74 Å². The van der Waals surface area contributed by atoms with Gasteiger partial charge in [0.15, 0.2) is 10.6 Å². The Morgan fingerprint density at radius 1 is 0.532 bits per heavy atom. The summed E-state index contributed by atoms with van der Waals surface area (Å²) in [4.78, 5) is 0. The fourth-order valence-corrected chi connectivity index (χ4v) is 11.0. The Kier molecular flexibility index (Phi) is 9.98. The van der Waals surface area contributed by atoms with Gasteiger partial charge in [0.05, 0.1) is 19.9 Å². The number of hydrogen-bond acceptors (Lipinski definition) is 3. The first kappa shape index (κ1) is 32.4. The highest BCUT2D eigenvalue weighted by molar-refractivity contribution is 7.87. The normalized spacial score (nSPS) is 11.7. The summed E-state index contributed by atoms with van der Waals surface area (Å²) < 4.78 is 17.1. The van der Waals surface area contributed by atoms with Crippen LogP contribution in [0.5, 0.6) is 5.75 Å². The van der Waals surface area contributed by atoms with E-state index in [0.29, 0.717) is 6.54 Å². The Labute approximate surface area is 280 Å². The summed E-state index contributed by atoms with van der Waals surface area (Å²) in [7, 11) is -1.59. The van der Waals surface area contributed by atoms with E-state index in [4.69, 9.17) is 14.2 Å². The maximum absolute atomic E-state index is 6.02. The number of aryl methyl sites for hydroxylation is 4. The lowest BCUT2D eigenvalue weighted by molar-refractivity contribution is 0.410. The summed E-state index contributed by atoms with van der Waals surface area (Å²) in [5, 5.41) is 6.15. The molecule has 47 heavy (non-hydrogen) atoms. The molecule has 0 aliphatic carbocycles. The molecule has 0 spiro atoms. The average molecular weight is 652 g/mol. The fraction of sp³-hybridized carbons (Fsp3) is 0.143. The van der Waals surface area contributed by atoms with E-state index < -0.39 is 14.8 Å². The van der Waals surface area contributed by atoms with E-state index in [1.54, 1.807) is 7.11 Å². The van der Waals surface area contributed by atoms with Crippen molar-refractivity contribution in [2.24, 2.45) is 9.49 Å². The standard InChI is InChI=1S/C42H41N2OP2/c1-31-11-21-38(22-12-31)46(37-9-7-6-8-10-37)43-30-35-19-20-36(29-42(35)45-5)44-47(39-23-13-32(2)14-24-39,40-25-15-33(3)16-26-40)41-27-17-34(4)18-28-41/h6-29H,30H2,1-5H3/q+1. The van der Waals surface area contributed by atoms with Crippen molar-refractivity contribution in [1.29, 1.82) is 0 Å². The van der Waals surface area contributed by atoms with Gasteiger partial charge in [0.25, 0.3) is 7.71 Å². The molecule has 6 aromatic rings. The first-order chi connectivity index (χ1) is 22.9. The molecule has 6 rings (SSSR count). The smallest absolute Gasteiger partial charge is 0.276 e. The number of ether oxygens (including phenoxy) is 1. The van der Waals surface area contributed by atoms with E-state index in [-0.39, 0.29) is 0 Å². The summed E-state index contributed by atoms with van der Waals surface area (Å²) in [6.45, 7) is 9.07. The van der Waals surface area contributed by atoms with E-state index in [9.17, 15) is 0 Å². The molecule has 0 heterocycles. The molecular weight excluding hydrogens is 610 g/mol. The second-order valence-corrected chi connectivity index (χ2v) is 17.0. The molecule has 0 radical (unpaired) electrons. The molecule has 0 saturated carbocycles. The molecule has 1 unspecified atom stereocenters. The molecule has 0 N–H and O–H groups in total. The van der Waals surface area contributed by atoms with Crippen molar-refractivity contribution in [2.45, 2.75) is 34.2 Å². The van der Waals surface area contributed by atoms with Crippen LogP contribution in [0, 0.1) is 27.7 Å². The highest BCUT2D eigenvalue weighted by Crippen LogP contribution is 2.50. The van der Waals surface area contributed by atoms with Crippen LogP contribution in [0.4, 0.5) is 5.69 Å². The third kappa shape index (κ3) is 7.23. The second-order valence-electron chi connectivity index (χ2n) is 12.0. The molecule has 5 heteroatoms. The average Bonchev–Trinajstić information content (AvgIpc) is 3.10. The SMILES string of the molecule is COc1cc(N=P(c2ccc(C)cc2)(c2ccc(C)cc2)c2ccc(C)cc2)ccc1CN=[P+](c1ccccc1)c1ccc(C)cc1. The molecule has 0 saturated heterocycles. The van der Waals surface area contributed by atoms with Crippen LogP contribution in [0.2, 0.25) is 0 Å². The first-order valence-corrected chi connectivity index (χ1v) is 19.0. The molecule has 0 amide bonds. The minimum atomic E-state index is -2.45. The molecule has 6 aromatic carbocycles. The Morgan fingerprint density at radius 3 is 1.45 bits per heavy atom. The van der Waals surface area contributed by atoms with Crippen molar-refractivity contribution in [3.63, 3.8) is 0 Å². The molecule has 0 fully saturated rings. The van der Waals surface area contributed by atoms with Crippen LogP contribution in [0.15, 0.2) is 155 Å². The topological polar surface area (TPSA) is 34.0 Å². The van der Waals surface area contributed by atoms with Crippen molar-refractivity contribution in [3.8, 4) is 5.75 Å². The van der Waals surface area contributed by atoms with Crippen molar-refractivity contribution in [1.82, 2.24) is 0 Å². The quantitative estimate of drug-likeness (QED) is 0.143. The van der Waals surface area contributed by atoms with E-state index in [1.807, 2.05) is 0 Å². The summed E-state index contributed by atoms with van der Waals surface area (Å²) in [5.41, 5.74) is 6.89. The fourth-order valence-electron chi connectivity index (χ4n) is 5.72. The number of benzene rings is 6. The van der Waals surface area contributed by atoms with Gasteiger partial charge in [0, 0.05) is 27.5 Å². The molecule has 3 nitrogen and oxygen atoms in total. The zero-order valence-electron chi connectivity index (χ0n) is 27.8. The van der Waals surface area contributed by atoms with Gasteiger partial charge in [0.2, 0.25) is 0 Å². The van der Waals surface area contributed by atoms with E-state index in [2.05, 4.69) is 173 Å². The van der Waals surface area contributed by atoms with Crippen LogP contribution in [0.25, 0.3) is 0 Å². The maximum Gasteiger partial charge on any atom is 0.276 e. The highest BCUT2D eigenvalue weighted by atomic mass is 31.2. The van der Waals surface area contributed by atoms with E-state index in [0.717, 1.165) is 17.0 Å².